The molecule has 0 saturated heterocycles. The lowest BCUT2D eigenvalue weighted by Gasteiger charge is -2.09. The van der Waals surface area contributed by atoms with Crippen LogP contribution in [0.3, 0.4) is 0 Å². The summed E-state index contributed by atoms with van der Waals surface area (Å²) < 4.78 is 12.9. The Morgan fingerprint density at radius 2 is 1.79 bits per heavy atom. The molecule has 1 heterocycles. The molecule has 7 heteroatoms. The number of carbonyl (C=O) groups excluding carboxylic acids is 2. The van der Waals surface area contributed by atoms with Gasteiger partial charge in [0.1, 0.15) is 5.82 Å². The maximum atomic E-state index is 12.9. The molecular formula is C21H20FN3O2S. The summed E-state index contributed by atoms with van der Waals surface area (Å²) in [5.74, 6) is -0.854. The second-order valence-corrected chi connectivity index (χ2v) is 7.36. The van der Waals surface area contributed by atoms with Gasteiger partial charge in [0, 0.05) is 11.1 Å². The van der Waals surface area contributed by atoms with E-state index in [1.54, 1.807) is 0 Å². The summed E-state index contributed by atoms with van der Waals surface area (Å²) in [6, 6.07) is 13.4. The number of fused-ring (bicyclic) bond motifs is 1. The topological polar surface area (TPSA) is 71.1 Å². The van der Waals surface area contributed by atoms with Crippen LogP contribution in [0, 0.1) is 19.7 Å². The van der Waals surface area contributed by atoms with E-state index in [4.69, 9.17) is 0 Å². The van der Waals surface area contributed by atoms with Crippen molar-refractivity contribution >= 4 is 40.2 Å². The number of aryl methyl sites for hydroxylation is 2. The number of hydrogen-bond acceptors (Lipinski definition) is 4. The first-order chi connectivity index (χ1) is 13.4. The maximum Gasteiger partial charge on any atom is 0.243 e. The molecule has 0 radical (unpaired) electrons. The molecule has 0 bridgehead atoms. The van der Waals surface area contributed by atoms with Crippen molar-refractivity contribution in [3.63, 3.8) is 0 Å². The molecule has 1 aromatic heterocycles. The van der Waals surface area contributed by atoms with E-state index >= 15 is 0 Å². The smallest absolute Gasteiger partial charge is 0.243 e. The quantitative estimate of drug-likeness (QED) is 0.620. The van der Waals surface area contributed by atoms with Crippen LogP contribution in [0.5, 0.6) is 0 Å². The average Bonchev–Trinajstić information content (AvgIpc) is 2.67. The number of thioether (sulfide) groups is 1. The predicted octanol–water partition coefficient (Wildman–Crippen LogP) is 3.84. The highest BCUT2D eigenvalue weighted by Gasteiger charge is 2.10. The molecule has 5 nitrogen and oxygen atoms in total. The first-order valence-corrected chi connectivity index (χ1v) is 9.73. The summed E-state index contributed by atoms with van der Waals surface area (Å²) in [6.07, 6.45) is 0. The molecular weight excluding hydrogens is 377 g/mol. The average molecular weight is 397 g/mol. The van der Waals surface area contributed by atoms with Crippen LogP contribution in [0.1, 0.15) is 11.1 Å². The summed E-state index contributed by atoms with van der Waals surface area (Å²) in [5.41, 5.74) is 3.60. The van der Waals surface area contributed by atoms with Gasteiger partial charge < -0.3 is 10.6 Å². The Balaban J connectivity index is 1.51. The predicted molar refractivity (Wildman–Crippen MR) is 110 cm³/mol. The number of para-hydroxylation sites is 1. The molecule has 0 aliphatic carbocycles. The molecule has 0 unspecified atom stereocenters. The molecule has 3 aromatic rings. The zero-order valence-corrected chi connectivity index (χ0v) is 16.4. The van der Waals surface area contributed by atoms with E-state index in [1.807, 2.05) is 38.1 Å². The molecule has 0 aliphatic rings. The first kappa shape index (κ1) is 19.8. The molecule has 0 saturated carbocycles. The first-order valence-electron chi connectivity index (χ1n) is 8.74. The highest BCUT2D eigenvalue weighted by Crippen LogP contribution is 2.25. The van der Waals surface area contributed by atoms with Gasteiger partial charge in [0.25, 0.3) is 0 Å². The van der Waals surface area contributed by atoms with Crippen LogP contribution in [0.2, 0.25) is 0 Å². The summed E-state index contributed by atoms with van der Waals surface area (Å²) in [5, 5.41) is 7.04. The van der Waals surface area contributed by atoms with Crippen molar-refractivity contribution < 1.29 is 14.0 Å². The number of aromatic nitrogens is 1. The van der Waals surface area contributed by atoms with E-state index in [-0.39, 0.29) is 29.9 Å². The van der Waals surface area contributed by atoms with Crippen LogP contribution < -0.4 is 10.6 Å². The number of halogens is 1. The minimum absolute atomic E-state index is 0.153. The number of anilines is 1. The summed E-state index contributed by atoms with van der Waals surface area (Å²) in [4.78, 5) is 28.5. The van der Waals surface area contributed by atoms with Gasteiger partial charge in [0.15, 0.2) is 0 Å². The van der Waals surface area contributed by atoms with Crippen molar-refractivity contribution in [3.8, 4) is 0 Å². The lowest BCUT2D eigenvalue weighted by atomic mass is 10.1. The van der Waals surface area contributed by atoms with Gasteiger partial charge in [-0.15, -0.1) is 0 Å². The Morgan fingerprint density at radius 3 is 2.54 bits per heavy atom. The molecule has 144 valence electrons. The van der Waals surface area contributed by atoms with Crippen molar-refractivity contribution in [3.05, 3.63) is 65.5 Å². The van der Waals surface area contributed by atoms with Crippen molar-refractivity contribution in [1.82, 2.24) is 10.3 Å². The van der Waals surface area contributed by atoms with E-state index in [0.717, 1.165) is 27.1 Å². The fourth-order valence-electron chi connectivity index (χ4n) is 2.71. The molecule has 0 atom stereocenters. The number of nitrogens with one attached hydrogen (secondary N) is 2. The second-order valence-electron chi connectivity index (χ2n) is 6.37. The molecule has 0 fully saturated rings. The number of nitrogens with zero attached hydrogens (tertiary/aromatic N) is 1. The van der Waals surface area contributed by atoms with Gasteiger partial charge in [0.2, 0.25) is 11.8 Å². The van der Waals surface area contributed by atoms with Gasteiger partial charge in [-0.1, -0.05) is 30.0 Å². The van der Waals surface area contributed by atoms with E-state index in [2.05, 4.69) is 15.6 Å². The standard InChI is InChI=1S/C21H20FN3O2S/c1-13-4-3-5-17-14(2)10-20(25-21(13)17)28-12-19(27)23-11-18(26)24-16-8-6-15(22)7-9-16/h3-10H,11-12H2,1-2H3,(H,23,27)(H,24,26). The Morgan fingerprint density at radius 1 is 1.04 bits per heavy atom. The summed E-state index contributed by atoms with van der Waals surface area (Å²) >= 11 is 1.33. The highest BCUT2D eigenvalue weighted by atomic mass is 32.2. The minimum Gasteiger partial charge on any atom is -0.346 e. The molecule has 0 aliphatic heterocycles. The van der Waals surface area contributed by atoms with E-state index < -0.39 is 0 Å². The fourth-order valence-corrected chi connectivity index (χ4v) is 3.51. The van der Waals surface area contributed by atoms with E-state index in [0.29, 0.717) is 5.69 Å². The highest BCUT2D eigenvalue weighted by molar-refractivity contribution is 7.99. The number of amides is 2. The Labute approximate surface area is 166 Å². The number of hydrogen-bond donors (Lipinski definition) is 2. The van der Waals surface area contributed by atoms with Crippen LogP contribution >= 0.6 is 11.8 Å². The third-order valence-corrected chi connectivity index (χ3v) is 5.06. The van der Waals surface area contributed by atoms with Gasteiger partial charge in [-0.05, 0) is 55.3 Å². The van der Waals surface area contributed by atoms with Gasteiger partial charge in [-0.3, -0.25) is 9.59 Å². The number of rotatable bonds is 6. The third-order valence-electron chi connectivity index (χ3n) is 4.15. The second kappa shape index (κ2) is 8.84. The summed E-state index contributed by atoms with van der Waals surface area (Å²) in [7, 11) is 0. The van der Waals surface area contributed by atoms with E-state index in [1.165, 1.54) is 36.0 Å². The largest absolute Gasteiger partial charge is 0.346 e. The van der Waals surface area contributed by atoms with Crippen molar-refractivity contribution in [2.75, 3.05) is 17.6 Å². The Kier molecular flexibility index (Phi) is 6.26. The van der Waals surface area contributed by atoms with Crippen LogP contribution in [0.15, 0.2) is 53.6 Å². The number of benzene rings is 2. The molecule has 3 rings (SSSR count). The molecule has 28 heavy (non-hydrogen) atoms. The molecule has 2 amide bonds. The zero-order chi connectivity index (χ0) is 20.1. The summed E-state index contributed by atoms with van der Waals surface area (Å²) in [6.45, 7) is 3.88. The SMILES string of the molecule is Cc1cc(SCC(=O)NCC(=O)Nc2ccc(F)cc2)nc2c(C)cccc12. The lowest BCUT2D eigenvalue weighted by molar-refractivity contribution is -0.122. The Hall–Kier alpha value is -2.93. The molecule has 2 aromatic carbocycles. The van der Waals surface area contributed by atoms with Crippen molar-refractivity contribution in [2.24, 2.45) is 0 Å². The molecule has 2 N–H and O–H groups in total. The van der Waals surface area contributed by atoms with Crippen molar-refractivity contribution in [1.29, 1.82) is 0 Å². The van der Waals surface area contributed by atoms with Gasteiger partial charge in [0.05, 0.1) is 22.8 Å². The zero-order valence-electron chi connectivity index (χ0n) is 15.6. The normalized spacial score (nSPS) is 10.7. The van der Waals surface area contributed by atoms with Gasteiger partial charge >= 0.3 is 0 Å². The maximum absolute atomic E-state index is 12.9. The number of pyridine rings is 1. The minimum atomic E-state index is -0.379. The van der Waals surface area contributed by atoms with Crippen molar-refractivity contribution in [2.45, 2.75) is 18.9 Å². The Bertz CT molecular complexity index is 1020. The van der Waals surface area contributed by atoms with E-state index in [9.17, 15) is 14.0 Å². The van der Waals surface area contributed by atoms with Gasteiger partial charge in [-0.2, -0.15) is 0 Å². The van der Waals surface area contributed by atoms with Crippen LogP contribution in [-0.2, 0) is 9.59 Å². The number of carbonyl (C=O) groups is 2. The van der Waals surface area contributed by atoms with Crippen LogP contribution in [0.25, 0.3) is 10.9 Å². The lowest BCUT2D eigenvalue weighted by Crippen LogP contribution is -2.33. The fraction of sp³-hybridized carbons (Fsp3) is 0.190. The van der Waals surface area contributed by atoms with Crippen LogP contribution in [0.4, 0.5) is 10.1 Å². The monoisotopic (exact) mass is 397 g/mol. The van der Waals surface area contributed by atoms with Crippen LogP contribution in [-0.4, -0.2) is 29.1 Å². The molecule has 0 spiro atoms. The third kappa shape index (κ3) is 5.07. The van der Waals surface area contributed by atoms with Gasteiger partial charge in [-0.25, -0.2) is 9.37 Å².